The zero-order chi connectivity index (χ0) is 26.2. The number of carbonyl (C=O) groups excluding carboxylic acids is 1. The van der Waals surface area contributed by atoms with Gasteiger partial charge in [0.1, 0.15) is 17.2 Å². The van der Waals surface area contributed by atoms with E-state index >= 15 is 0 Å². The lowest BCUT2D eigenvalue weighted by Gasteiger charge is -2.56. The highest BCUT2D eigenvalue weighted by Gasteiger charge is 2.52. The molecule has 2 aromatic carbocycles. The number of nitrogens with zero attached hydrogens (tertiary/aromatic N) is 2. The molecule has 7 heteroatoms. The first-order valence-electron chi connectivity index (χ1n) is 13.1. The van der Waals surface area contributed by atoms with Crippen LogP contribution in [0.3, 0.4) is 0 Å². The lowest BCUT2D eigenvalue weighted by molar-refractivity contribution is -0.0268. The zero-order valence-electron chi connectivity index (χ0n) is 22.0. The Hall–Kier alpha value is -3.71. The second kappa shape index (κ2) is 9.98. The maximum absolute atomic E-state index is 13.0. The van der Waals surface area contributed by atoms with Crippen LogP contribution in [0.4, 0.5) is 5.69 Å². The Balaban J connectivity index is 0.00000137. The third-order valence-corrected chi connectivity index (χ3v) is 7.61. The summed E-state index contributed by atoms with van der Waals surface area (Å²) in [6, 6.07) is 16.3. The van der Waals surface area contributed by atoms with Gasteiger partial charge < -0.3 is 25.7 Å². The molecule has 0 unspecified atom stereocenters. The van der Waals surface area contributed by atoms with Crippen molar-refractivity contribution in [3.8, 4) is 22.6 Å². The third kappa shape index (κ3) is 4.60. The topological polar surface area (TPSA) is 90.3 Å². The van der Waals surface area contributed by atoms with E-state index in [1.807, 2.05) is 50.2 Å². The SMILES string of the molecule is CC.CNc1cc(Oc2cccc(-c3ccc4c(c3)CN(C3CC5(CNC5)C3)C4=O)c2)cnc1C(C)=N. The second-order valence-electron chi connectivity index (χ2n) is 10.0. The molecule has 0 radical (unpaired) electrons. The maximum Gasteiger partial charge on any atom is 0.254 e. The van der Waals surface area contributed by atoms with Gasteiger partial charge in [-0.25, -0.2) is 4.98 Å². The molecule has 1 saturated carbocycles. The monoisotopic (exact) mass is 497 g/mol. The molecule has 7 nitrogen and oxygen atoms in total. The summed E-state index contributed by atoms with van der Waals surface area (Å²) in [5.41, 5.74) is 6.25. The largest absolute Gasteiger partial charge is 0.456 e. The van der Waals surface area contributed by atoms with Crippen LogP contribution in [0.15, 0.2) is 54.7 Å². The molecule has 6 rings (SSSR count). The molecule has 3 aliphatic rings. The third-order valence-electron chi connectivity index (χ3n) is 7.61. The summed E-state index contributed by atoms with van der Waals surface area (Å²) in [5.74, 6) is 1.48. The first kappa shape index (κ1) is 25.0. The van der Waals surface area contributed by atoms with Gasteiger partial charge in [0.15, 0.2) is 0 Å². The number of ether oxygens (including phenoxy) is 1. The van der Waals surface area contributed by atoms with Gasteiger partial charge in [-0.05, 0) is 66.1 Å². The van der Waals surface area contributed by atoms with Gasteiger partial charge in [0, 0.05) is 44.4 Å². The number of nitrogens with one attached hydrogen (secondary N) is 3. The molecule has 1 aromatic heterocycles. The molecule has 3 N–H and O–H groups in total. The predicted octanol–water partition coefficient (Wildman–Crippen LogP) is 5.70. The Morgan fingerprint density at radius 1 is 1.11 bits per heavy atom. The molecule has 3 heterocycles. The summed E-state index contributed by atoms with van der Waals surface area (Å²) < 4.78 is 6.09. The van der Waals surface area contributed by atoms with Crippen LogP contribution < -0.4 is 15.4 Å². The van der Waals surface area contributed by atoms with Gasteiger partial charge in [0.25, 0.3) is 5.91 Å². The molecule has 2 fully saturated rings. The Kier molecular flexibility index (Phi) is 6.73. The molecule has 1 amide bonds. The first-order valence-corrected chi connectivity index (χ1v) is 13.1. The van der Waals surface area contributed by atoms with Crippen molar-refractivity contribution >= 4 is 17.3 Å². The molecule has 37 heavy (non-hydrogen) atoms. The fourth-order valence-electron chi connectivity index (χ4n) is 5.61. The van der Waals surface area contributed by atoms with Crippen LogP contribution in [0.25, 0.3) is 11.1 Å². The minimum absolute atomic E-state index is 0.173. The van der Waals surface area contributed by atoms with Crippen LogP contribution in [0.2, 0.25) is 0 Å². The van der Waals surface area contributed by atoms with E-state index < -0.39 is 0 Å². The number of aromatic nitrogens is 1. The Morgan fingerprint density at radius 3 is 2.54 bits per heavy atom. The zero-order valence-corrected chi connectivity index (χ0v) is 22.0. The van der Waals surface area contributed by atoms with Crippen molar-refractivity contribution in [2.24, 2.45) is 5.41 Å². The van der Waals surface area contributed by atoms with E-state index in [1.54, 1.807) is 20.2 Å². The first-order chi connectivity index (χ1) is 17.9. The van der Waals surface area contributed by atoms with Crippen LogP contribution in [-0.2, 0) is 6.54 Å². The van der Waals surface area contributed by atoms with E-state index in [1.165, 1.54) is 0 Å². The summed E-state index contributed by atoms with van der Waals surface area (Å²) in [6.45, 7) is 8.61. The van der Waals surface area contributed by atoms with E-state index in [0.717, 1.165) is 53.9 Å². The molecular formula is C30H35N5O2. The van der Waals surface area contributed by atoms with Gasteiger partial charge in [0.2, 0.25) is 0 Å². The fraction of sp³-hybridized carbons (Fsp3) is 0.367. The molecule has 1 spiro atoms. The smallest absolute Gasteiger partial charge is 0.254 e. The number of rotatable bonds is 6. The van der Waals surface area contributed by atoms with Crippen LogP contribution in [0.5, 0.6) is 11.5 Å². The maximum atomic E-state index is 13.0. The quantitative estimate of drug-likeness (QED) is 0.380. The predicted molar refractivity (Wildman–Crippen MR) is 148 cm³/mol. The number of fused-ring (bicyclic) bond motifs is 1. The highest BCUT2D eigenvalue weighted by Crippen LogP contribution is 2.48. The normalized spacial score (nSPS) is 17.3. The van der Waals surface area contributed by atoms with Crippen LogP contribution in [0.1, 0.15) is 55.2 Å². The summed E-state index contributed by atoms with van der Waals surface area (Å²) >= 11 is 0. The van der Waals surface area contributed by atoms with Gasteiger partial charge in [-0.1, -0.05) is 32.0 Å². The van der Waals surface area contributed by atoms with Crippen molar-refractivity contribution in [1.29, 1.82) is 5.41 Å². The van der Waals surface area contributed by atoms with Crippen molar-refractivity contribution in [2.45, 2.75) is 46.2 Å². The molecule has 192 valence electrons. The van der Waals surface area contributed by atoms with Crippen molar-refractivity contribution < 1.29 is 9.53 Å². The van der Waals surface area contributed by atoms with E-state index in [0.29, 0.717) is 40.9 Å². The standard InChI is InChI=1S/C28H29N5O2.C2H6/c1-17(29)26-25(30-2)10-23(13-32-26)35-22-5-3-4-18(9-22)19-6-7-24-20(8-19)14-33(27(24)34)21-11-28(12-21)15-31-16-28;1-2/h3-10,13,21,29-31H,11-12,14-16H2,1-2H3;1-2H3. The van der Waals surface area contributed by atoms with Crippen LogP contribution in [-0.4, -0.2) is 47.7 Å². The van der Waals surface area contributed by atoms with Crippen molar-refractivity contribution in [1.82, 2.24) is 15.2 Å². The summed E-state index contributed by atoms with van der Waals surface area (Å²) in [5, 5.41) is 14.3. The molecule has 3 aromatic rings. The molecule has 1 saturated heterocycles. The minimum atomic E-state index is 0.173. The summed E-state index contributed by atoms with van der Waals surface area (Å²) in [7, 11) is 1.81. The van der Waals surface area contributed by atoms with Crippen LogP contribution in [0, 0.1) is 10.8 Å². The van der Waals surface area contributed by atoms with Gasteiger partial charge in [0.05, 0.1) is 17.6 Å². The summed E-state index contributed by atoms with van der Waals surface area (Å²) in [4.78, 5) is 19.5. The number of amides is 1. The Morgan fingerprint density at radius 2 is 1.86 bits per heavy atom. The number of carbonyl (C=O) groups is 1. The van der Waals surface area contributed by atoms with Gasteiger partial charge in [-0.15, -0.1) is 0 Å². The van der Waals surface area contributed by atoms with Crippen molar-refractivity contribution in [2.75, 3.05) is 25.5 Å². The number of hydrogen-bond acceptors (Lipinski definition) is 6. The number of benzene rings is 2. The average molecular weight is 498 g/mol. The van der Waals surface area contributed by atoms with E-state index in [-0.39, 0.29) is 5.91 Å². The fourth-order valence-corrected chi connectivity index (χ4v) is 5.61. The summed E-state index contributed by atoms with van der Waals surface area (Å²) in [6.07, 6.45) is 3.88. The second-order valence-corrected chi connectivity index (χ2v) is 10.0. The number of pyridine rings is 1. The highest BCUT2D eigenvalue weighted by atomic mass is 16.5. The molecular weight excluding hydrogens is 462 g/mol. The molecule has 0 bridgehead atoms. The van der Waals surface area contributed by atoms with Crippen molar-refractivity contribution in [3.05, 3.63) is 71.5 Å². The Bertz CT molecular complexity index is 1340. The lowest BCUT2D eigenvalue weighted by Crippen LogP contribution is -2.65. The van der Waals surface area contributed by atoms with Gasteiger partial charge in [-0.2, -0.15) is 0 Å². The molecule has 2 aliphatic heterocycles. The average Bonchev–Trinajstić information content (AvgIpc) is 3.19. The Labute approximate surface area is 218 Å². The number of hydrogen-bond donors (Lipinski definition) is 3. The van der Waals surface area contributed by atoms with Crippen LogP contribution >= 0.6 is 0 Å². The number of anilines is 1. The van der Waals surface area contributed by atoms with Gasteiger partial charge in [-0.3, -0.25) is 4.79 Å². The highest BCUT2D eigenvalue weighted by molar-refractivity contribution is 6.00. The van der Waals surface area contributed by atoms with E-state index in [2.05, 4.69) is 32.7 Å². The molecule has 0 atom stereocenters. The molecule has 1 aliphatic carbocycles. The van der Waals surface area contributed by atoms with Crippen molar-refractivity contribution in [3.63, 3.8) is 0 Å². The minimum Gasteiger partial charge on any atom is -0.456 e. The lowest BCUT2D eigenvalue weighted by atomic mass is 9.61. The van der Waals surface area contributed by atoms with E-state index in [9.17, 15) is 4.79 Å². The van der Waals surface area contributed by atoms with Gasteiger partial charge >= 0.3 is 0 Å². The van der Waals surface area contributed by atoms with E-state index in [4.69, 9.17) is 10.1 Å².